The Morgan fingerprint density at radius 3 is 2.76 bits per heavy atom. The molecule has 0 aliphatic heterocycles. The van der Waals surface area contributed by atoms with Gasteiger partial charge < -0.3 is 10.6 Å². The average Bonchev–Trinajstić information content (AvgIpc) is 3.40. The minimum Gasteiger partial charge on any atom is -0.359 e. The molecule has 0 atom stereocenters. The fraction of sp³-hybridized carbons (Fsp3) is 0.190. The predicted molar refractivity (Wildman–Crippen MR) is 126 cm³/mol. The lowest BCUT2D eigenvalue weighted by Gasteiger charge is -2.15. The second-order valence-corrected chi connectivity index (χ2v) is 8.44. The highest BCUT2D eigenvalue weighted by atomic mass is 35.5. The Morgan fingerprint density at radius 1 is 1.22 bits per heavy atom. The summed E-state index contributed by atoms with van der Waals surface area (Å²) < 4.78 is 31.7. The van der Waals surface area contributed by atoms with Crippen molar-refractivity contribution in [3.8, 4) is 5.69 Å². The minimum absolute atomic E-state index is 0.0155. The number of halogens is 4. The monoisotopic (exact) mass is 552 g/mol. The van der Waals surface area contributed by atoms with Gasteiger partial charge in [0.15, 0.2) is 5.82 Å². The van der Waals surface area contributed by atoms with Gasteiger partial charge in [0, 0.05) is 28.4 Å². The number of benzene rings is 1. The lowest BCUT2D eigenvalue weighted by molar-refractivity contribution is -0.913. The Morgan fingerprint density at radius 2 is 2.03 bits per heavy atom. The van der Waals surface area contributed by atoms with Crippen LogP contribution in [0, 0.1) is 0 Å². The Hall–Kier alpha value is -4.17. The van der Waals surface area contributed by atoms with E-state index < -0.39 is 42.0 Å². The highest BCUT2D eigenvalue weighted by Gasteiger charge is 2.41. The number of hydrogen-bond donors (Lipinski definition) is 3. The van der Waals surface area contributed by atoms with Crippen LogP contribution >= 0.6 is 23.2 Å². The molecule has 0 spiro atoms. The third-order valence-electron chi connectivity index (χ3n) is 5.11. The van der Waals surface area contributed by atoms with Crippen LogP contribution in [0.25, 0.3) is 5.69 Å². The van der Waals surface area contributed by atoms with Gasteiger partial charge in [0.2, 0.25) is 12.1 Å². The molecule has 0 saturated heterocycles. The van der Waals surface area contributed by atoms with Crippen LogP contribution in [0.2, 0.25) is 10.2 Å². The maximum Gasteiger partial charge on any atom is 0.351 e. The van der Waals surface area contributed by atoms with Crippen molar-refractivity contribution in [2.45, 2.75) is 19.0 Å². The number of aromatic nitrogens is 7. The van der Waals surface area contributed by atoms with Crippen molar-refractivity contribution in [1.82, 2.24) is 35.1 Å². The first-order valence-electron chi connectivity index (χ1n) is 10.5. The molecule has 3 N–H and O–H groups in total. The van der Waals surface area contributed by atoms with Crippen LogP contribution in [0.15, 0.2) is 59.9 Å². The van der Waals surface area contributed by atoms with Crippen molar-refractivity contribution in [3.05, 3.63) is 86.9 Å². The van der Waals surface area contributed by atoms with Crippen LogP contribution in [-0.2, 0) is 23.8 Å². The molecule has 4 aromatic rings. The van der Waals surface area contributed by atoms with Crippen molar-refractivity contribution in [3.63, 3.8) is 0 Å². The number of hydrogen-bond acceptors (Lipinski definition) is 8. The van der Waals surface area contributed by atoms with Crippen LogP contribution in [0.4, 0.5) is 14.6 Å². The smallest absolute Gasteiger partial charge is 0.351 e. The first kappa shape index (κ1) is 25.9. The van der Waals surface area contributed by atoms with Gasteiger partial charge >= 0.3 is 11.6 Å². The van der Waals surface area contributed by atoms with Gasteiger partial charge in [-0.05, 0) is 40.3 Å². The van der Waals surface area contributed by atoms with Gasteiger partial charge in [-0.15, -0.1) is 5.10 Å². The Labute approximate surface area is 217 Å². The maximum absolute atomic E-state index is 14.6. The van der Waals surface area contributed by atoms with E-state index >= 15 is 0 Å². The van der Waals surface area contributed by atoms with Gasteiger partial charge in [-0.2, -0.15) is 8.78 Å². The standard InChI is InChI=1S/C21H17Cl2F2N9O3/c22-14-4-5-15(33-12-29-30-31-33)13(7-14)8-26-18(35)10-32-17(23)9-27-19(20(32)36)28-11-21(24,25)16-3-1-2-6-34(16)37/h1-7,9,12H,8,10-11H2,(H2-,26,27,28,35,37)/p+1. The van der Waals surface area contributed by atoms with Crippen molar-refractivity contribution >= 4 is 34.9 Å². The van der Waals surface area contributed by atoms with E-state index in [4.69, 9.17) is 23.2 Å². The second-order valence-electron chi connectivity index (χ2n) is 7.61. The summed E-state index contributed by atoms with van der Waals surface area (Å²) in [5, 5.41) is 25.8. The summed E-state index contributed by atoms with van der Waals surface area (Å²) in [6.07, 6.45) is 3.48. The fourth-order valence-corrected chi connectivity index (χ4v) is 3.71. The molecule has 0 unspecified atom stereocenters. The zero-order valence-electron chi connectivity index (χ0n) is 18.7. The Bertz CT molecular complexity index is 1480. The number of amides is 1. The molecule has 37 heavy (non-hydrogen) atoms. The van der Waals surface area contributed by atoms with E-state index in [0.717, 1.165) is 23.0 Å². The topological polar surface area (TPSA) is 144 Å². The molecule has 1 aromatic carbocycles. The van der Waals surface area contributed by atoms with Crippen LogP contribution in [0.1, 0.15) is 11.3 Å². The van der Waals surface area contributed by atoms with Crippen molar-refractivity contribution in [2.24, 2.45) is 0 Å². The first-order valence-corrected chi connectivity index (χ1v) is 11.3. The van der Waals surface area contributed by atoms with Gasteiger partial charge in [-0.1, -0.05) is 23.2 Å². The molecule has 12 nitrogen and oxygen atoms in total. The third kappa shape index (κ3) is 5.98. The number of pyridine rings is 1. The van der Waals surface area contributed by atoms with Crippen LogP contribution < -0.4 is 20.9 Å². The van der Waals surface area contributed by atoms with Crippen LogP contribution in [-0.4, -0.2) is 47.4 Å². The maximum atomic E-state index is 14.6. The van der Waals surface area contributed by atoms with Crippen molar-refractivity contribution < 1.29 is 23.5 Å². The average molecular weight is 553 g/mol. The summed E-state index contributed by atoms with van der Waals surface area (Å²) >= 11 is 12.1. The van der Waals surface area contributed by atoms with Gasteiger partial charge in [-0.3, -0.25) is 19.4 Å². The van der Waals surface area contributed by atoms with Crippen molar-refractivity contribution in [2.75, 3.05) is 11.9 Å². The molecule has 0 radical (unpaired) electrons. The van der Waals surface area contributed by atoms with Gasteiger partial charge in [0.1, 0.15) is 18.0 Å². The molecule has 0 aliphatic rings. The minimum atomic E-state index is -3.56. The number of tetrazole rings is 1. The molecule has 4 rings (SSSR count). The first-order chi connectivity index (χ1) is 17.7. The van der Waals surface area contributed by atoms with E-state index in [1.807, 2.05) is 0 Å². The summed E-state index contributed by atoms with van der Waals surface area (Å²) in [7, 11) is 0. The van der Waals surface area contributed by atoms with Crippen LogP contribution in [0.5, 0.6) is 0 Å². The lowest BCUT2D eigenvalue weighted by Crippen LogP contribution is -2.43. The summed E-state index contributed by atoms with van der Waals surface area (Å²) in [4.78, 5) is 29.2. The normalized spacial score (nSPS) is 11.4. The van der Waals surface area contributed by atoms with E-state index in [1.165, 1.54) is 23.1 Å². The molecular weight excluding hydrogens is 535 g/mol. The van der Waals surface area contributed by atoms with Crippen LogP contribution in [0.3, 0.4) is 0 Å². The molecule has 3 heterocycles. The lowest BCUT2D eigenvalue weighted by atomic mass is 10.1. The Balaban J connectivity index is 1.46. The summed E-state index contributed by atoms with van der Waals surface area (Å²) in [5.41, 5.74) is -0.421. The SMILES string of the molecule is O=C(Cn1c(Cl)cnc(NCC(F)(F)c2cccc[n+]2O)c1=O)NCc1cc(Cl)ccc1-n1cnnn1. The molecule has 0 fully saturated rings. The number of anilines is 1. The van der Waals surface area contributed by atoms with E-state index in [-0.39, 0.29) is 16.4 Å². The Kier molecular flexibility index (Phi) is 7.59. The summed E-state index contributed by atoms with van der Waals surface area (Å²) in [5.74, 6) is -4.60. The van der Waals surface area contributed by atoms with E-state index in [0.29, 0.717) is 16.3 Å². The van der Waals surface area contributed by atoms with Crippen molar-refractivity contribution in [1.29, 1.82) is 0 Å². The molecule has 16 heteroatoms. The largest absolute Gasteiger partial charge is 0.359 e. The zero-order valence-corrected chi connectivity index (χ0v) is 20.2. The van der Waals surface area contributed by atoms with Gasteiger partial charge in [-0.25, -0.2) is 9.67 Å². The van der Waals surface area contributed by atoms with E-state index in [1.54, 1.807) is 18.2 Å². The van der Waals surface area contributed by atoms with E-state index in [2.05, 4.69) is 31.1 Å². The van der Waals surface area contributed by atoms with E-state index in [9.17, 15) is 23.6 Å². The second kappa shape index (κ2) is 10.8. The number of carbonyl (C=O) groups is 1. The molecule has 1 amide bonds. The molecule has 0 aliphatic carbocycles. The number of nitrogens with one attached hydrogen (secondary N) is 2. The van der Waals surface area contributed by atoms with Gasteiger partial charge in [0.25, 0.3) is 5.56 Å². The summed E-state index contributed by atoms with van der Waals surface area (Å²) in [6.45, 7) is -1.55. The quantitative estimate of drug-likeness (QED) is 0.209. The number of nitrogens with zero attached hydrogens (tertiary/aromatic N) is 7. The summed E-state index contributed by atoms with van der Waals surface area (Å²) in [6, 6.07) is 8.66. The number of carbonyl (C=O) groups excluding carboxylic acids is 1. The molecule has 0 saturated carbocycles. The molecule has 192 valence electrons. The third-order valence-corrected chi connectivity index (χ3v) is 5.65. The van der Waals surface area contributed by atoms with Gasteiger partial charge in [0.05, 0.1) is 18.4 Å². The number of alkyl halides is 2. The molecule has 0 bridgehead atoms. The highest BCUT2D eigenvalue weighted by Crippen LogP contribution is 2.25. The fourth-order valence-electron chi connectivity index (χ4n) is 3.33. The highest BCUT2D eigenvalue weighted by molar-refractivity contribution is 6.30. The molecular formula is C21H18Cl2F2N9O3+. The predicted octanol–water partition coefficient (Wildman–Crippen LogP) is 1.57. The molecule has 3 aromatic heterocycles. The number of rotatable bonds is 9. The zero-order chi connectivity index (χ0) is 26.6.